The van der Waals surface area contributed by atoms with Crippen molar-refractivity contribution in [3.63, 3.8) is 0 Å². The number of ether oxygens (including phenoxy) is 1. The van der Waals surface area contributed by atoms with Crippen molar-refractivity contribution in [1.29, 1.82) is 0 Å². The maximum Gasteiger partial charge on any atom is 0.252 e. The number of rotatable bonds is 3. The fourth-order valence-corrected chi connectivity index (χ4v) is 2.23. The van der Waals surface area contributed by atoms with E-state index in [0.29, 0.717) is 12.1 Å². The van der Waals surface area contributed by atoms with E-state index in [0.717, 1.165) is 25.9 Å². The van der Waals surface area contributed by atoms with Gasteiger partial charge < -0.3 is 15.8 Å². The van der Waals surface area contributed by atoms with Crippen LogP contribution in [0.5, 0.6) is 0 Å². The topological polar surface area (TPSA) is 64.4 Å². The fraction of sp³-hybridized carbons (Fsp3) is 0.438. The highest BCUT2D eigenvalue weighted by Crippen LogP contribution is 2.13. The zero-order valence-corrected chi connectivity index (χ0v) is 11.8. The maximum absolute atomic E-state index is 13.3. The normalized spacial score (nSPS) is 17.7. The highest BCUT2D eigenvalue weighted by atomic mass is 19.1. The van der Waals surface area contributed by atoms with Crippen molar-refractivity contribution in [2.45, 2.75) is 25.4 Å². The van der Waals surface area contributed by atoms with Gasteiger partial charge in [0.1, 0.15) is 5.82 Å². The van der Waals surface area contributed by atoms with Crippen LogP contribution in [0.3, 0.4) is 0 Å². The van der Waals surface area contributed by atoms with Crippen molar-refractivity contribution in [3.05, 3.63) is 35.1 Å². The van der Waals surface area contributed by atoms with Gasteiger partial charge in [-0.15, -0.1) is 0 Å². The van der Waals surface area contributed by atoms with E-state index in [4.69, 9.17) is 10.5 Å². The SMILES string of the molecule is NCC#Cc1ccc(F)cc1C(=O)NCC1CCCCO1. The van der Waals surface area contributed by atoms with Crippen LogP contribution >= 0.6 is 0 Å². The Morgan fingerprint density at radius 1 is 1.48 bits per heavy atom. The number of carbonyl (C=O) groups is 1. The van der Waals surface area contributed by atoms with Crippen LogP contribution < -0.4 is 11.1 Å². The van der Waals surface area contributed by atoms with Crippen LogP contribution in [0.2, 0.25) is 0 Å². The summed E-state index contributed by atoms with van der Waals surface area (Å²) in [6, 6.07) is 3.96. The number of nitrogens with one attached hydrogen (secondary N) is 1. The molecule has 1 unspecified atom stereocenters. The van der Waals surface area contributed by atoms with E-state index in [-0.39, 0.29) is 24.1 Å². The molecule has 1 amide bonds. The Morgan fingerprint density at radius 3 is 3.05 bits per heavy atom. The lowest BCUT2D eigenvalue weighted by Crippen LogP contribution is -2.35. The smallest absolute Gasteiger partial charge is 0.252 e. The Morgan fingerprint density at radius 2 is 2.33 bits per heavy atom. The van der Waals surface area contributed by atoms with E-state index in [1.165, 1.54) is 18.2 Å². The van der Waals surface area contributed by atoms with Crippen LogP contribution in [0.4, 0.5) is 4.39 Å². The summed E-state index contributed by atoms with van der Waals surface area (Å²) in [4.78, 5) is 12.2. The summed E-state index contributed by atoms with van der Waals surface area (Å²) in [5.41, 5.74) is 6.03. The van der Waals surface area contributed by atoms with Gasteiger partial charge in [0.2, 0.25) is 0 Å². The molecule has 1 aliphatic rings. The number of hydrogen-bond acceptors (Lipinski definition) is 3. The van der Waals surface area contributed by atoms with Gasteiger partial charge >= 0.3 is 0 Å². The Balaban J connectivity index is 2.04. The van der Waals surface area contributed by atoms with Gasteiger partial charge in [-0.1, -0.05) is 11.8 Å². The second-order valence-electron chi connectivity index (χ2n) is 4.89. The molecule has 0 bridgehead atoms. The Labute approximate surface area is 123 Å². The van der Waals surface area contributed by atoms with Gasteiger partial charge in [0.15, 0.2) is 0 Å². The van der Waals surface area contributed by atoms with Crippen LogP contribution in [-0.2, 0) is 4.74 Å². The number of carbonyl (C=O) groups excluding carboxylic acids is 1. The molecule has 4 nitrogen and oxygen atoms in total. The minimum absolute atomic E-state index is 0.0369. The number of amides is 1. The van der Waals surface area contributed by atoms with E-state index in [1.807, 2.05) is 0 Å². The molecule has 112 valence electrons. The lowest BCUT2D eigenvalue weighted by atomic mass is 10.1. The van der Waals surface area contributed by atoms with E-state index >= 15 is 0 Å². The minimum atomic E-state index is -0.465. The molecule has 1 saturated heterocycles. The van der Waals surface area contributed by atoms with Crippen LogP contribution in [0.25, 0.3) is 0 Å². The van der Waals surface area contributed by atoms with Gasteiger partial charge in [-0.05, 0) is 37.5 Å². The predicted octanol–water partition coefficient (Wildman–Crippen LogP) is 1.43. The van der Waals surface area contributed by atoms with Crippen LogP contribution in [0.15, 0.2) is 18.2 Å². The summed E-state index contributed by atoms with van der Waals surface area (Å²) < 4.78 is 18.9. The average molecular weight is 290 g/mol. The number of halogens is 1. The molecule has 2 rings (SSSR count). The summed E-state index contributed by atoms with van der Waals surface area (Å²) in [5, 5.41) is 2.78. The molecule has 1 atom stereocenters. The third-order valence-corrected chi connectivity index (χ3v) is 3.32. The fourth-order valence-electron chi connectivity index (χ4n) is 2.23. The molecular formula is C16H19FN2O2. The van der Waals surface area contributed by atoms with E-state index in [2.05, 4.69) is 17.2 Å². The monoisotopic (exact) mass is 290 g/mol. The predicted molar refractivity (Wildman–Crippen MR) is 78.3 cm³/mol. The molecule has 0 spiro atoms. The summed E-state index contributed by atoms with van der Waals surface area (Å²) in [5.74, 6) is 4.65. The molecular weight excluding hydrogens is 271 g/mol. The van der Waals surface area contributed by atoms with Crippen molar-refractivity contribution < 1.29 is 13.9 Å². The first kappa shape index (κ1) is 15.5. The van der Waals surface area contributed by atoms with Crippen molar-refractivity contribution in [2.24, 2.45) is 5.73 Å². The largest absolute Gasteiger partial charge is 0.376 e. The van der Waals surface area contributed by atoms with E-state index < -0.39 is 5.82 Å². The van der Waals surface area contributed by atoms with E-state index in [1.54, 1.807) is 0 Å². The van der Waals surface area contributed by atoms with Crippen molar-refractivity contribution in [3.8, 4) is 11.8 Å². The molecule has 0 saturated carbocycles. The lowest BCUT2D eigenvalue weighted by Gasteiger charge is -2.22. The molecule has 1 fully saturated rings. The third kappa shape index (κ3) is 4.55. The summed E-state index contributed by atoms with van der Waals surface area (Å²) >= 11 is 0. The highest BCUT2D eigenvalue weighted by Gasteiger charge is 2.17. The van der Waals surface area contributed by atoms with Crippen LogP contribution in [0.1, 0.15) is 35.2 Å². The van der Waals surface area contributed by atoms with Gasteiger partial charge in [-0.3, -0.25) is 4.79 Å². The zero-order valence-electron chi connectivity index (χ0n) is 11.8. The molecule has 0 aliphatic carbocycles. The van der Waals surface area contributed by atoms with Crippen molar-refractivity contribution >= 4 is 5.91 Å². The Hall–Kier alpha value is -1.90. The Bertz CT molecular complexity index is 557. The third-order valence-electron chi connectivity index (χ3n) is 3.32. The molecule has 21 heavy (non-hydrogen) atoms. The average Bonchev–Trinajstić information content (AvgIpc) is 2.52. The first-order chi connectivity index (χ1) is 10.2. The summed E-state index contributed by atoms with van der Waals surface area (Å²) in [7, 11) is 0. The molecule has 3 N–H and O–H groups in total. The molecule has 1 aromatic rings. The second kappa shape index (κ2) is 7.77. The molecule has 5 heteroatoms. The minimum Gasteiger partial charge on any atom is -0.376 e. The first-order valence-corrected chi connectivity index (χ1v) is 7.09. The molecule has 1 aliphatic heterocycles. The van der Waals surface area contributed by atoms with Gasteiger partial charge in [-0.25, -0.2) is 4.39 Å². The number of nitrogens with two attached hydrogens (primary N) is 1. The highest BCUT2D eigenvalue weighted by molar-refractivity contribution is 5.96. The van der Waals surface area contributed by atoms with Gasteiger partial charge in [0, 0.05) is 18.7 Å². The molecule has 1 aromatic carbocycles. The van der Waals surface area contributed by atoms with Gasteiger partial charge in [-0.2, -0.15) is 0 Å². The second-order valence-corrected chi connectivity index (χ2v) is 4.89. The molecule has 0 aromatic heterocycles. The first-order valence-electron chi connectivity index (χ1n) is 7.09. The van der Waals surface area contributed by atoms with Gasteiger partial charge in [0.25, 0.3) is 5.91 Å². The zero-order chi connectivity index (χ0) is 15.1. The van der Waals surface area contributed by atoms with Crippen LogP contribution in [-0.4, -0.2) is 31.7 Å². The lowest BCUT2D eigenvalue weighted by molar-refractivity contribution is 0.0169. The standard InChI is InChI=1S/C16H19FN2O2/c17-13-7-6-12(4-3-8-18)15(10-13)16(20)19-11-14-5-1-2-9-21-14/h6-7,10,14H,1-2,5,8-9,11,18H2,(H,19,20). The van der Waals surface area contributed by atoms with Crippen LogP contribution in [0, 0.1) is 17.7 Å². The van der Waals surface area contributed by atoms with Gasteiger partial charge in [0.05, 0.1) is 18.2 Å². The number of hydrogen-bond donors (Lipinski definition) is 2. The Kier molecular flexibility index (Phi) is 5.73. The van der Waals surface area contributed by atoms with Crippen molar-refractivity contribution in [2.75, 3.05) is 19.7 Å². The number of benzene rings is 1. The summed E-state index contributed by atoms with van der Waals surface area (Å²) in [6.45, 7) is 1.35. The van der Waals surface area contributed by atoms with E-state index in [9.17, 15) is 9.18 Å². The maximum atomic E-state index is 13.3. The quantitative estimate of drug-likeness (QED) is 0.828. The molecule has 1 heterocycles. The molecule has 0 radical (unpaired) electrons. The van der Waals surface area contributed by atoms with Crippen molar-refractivity contribution in [1.82, 2.24) is 5.32 Å². The summed E-state index contributed by atoms with van der Waals surface area (Å²) in [6.07, 6.45) is 3.14.